The van der Waals surface area contributed by atoms with Crippen molar-refractivity contribution in [1.82, 2.24) is 14.7 Å². The predicted octanol–water partition coefficient (Wildman–Crippen LogP) is 1.20. The second-order valence-electron chi connectivity index (χ2n) is 10.4. The zero-order valence-electron chi connectivity index (χ0n) is 20.0. The smallest absolute Gasteiger partial charge is 0.249 e. The van der Waals surface area contributed by atoms with Gasteiger partial charge in [0, 0.05) is 32.2 Å². The van der Waals surface area contributed by atoms with Gasteiger partial charge in [-0.1, -0.05) is 12.2 Å². The van der Waals surface area contributed by atoms with E-state index in [4.69, 9.17) is 4.74 Å². The minimum absolute atomic E-state index is 0.0169. The summed E-state index contributed by atoms with van der Waals surface area (Å²) in [7, 11) is 1.69. The molecule has 0 aliphatic carbocycles. The lowest BCUT2D eigenvalue weighted by atomic mass is 9.66. The SMILES string of the molecule is C=CCN(C)C(=O)[C@@H]1[C@H]2C(=O)N(CCO)C(C(=O)N(CC=C)C(C)(C)C)C23CC[C@@]1(C)O3. The van der Waals surface area contributed by atoms with Crippen LogP contribution in [0.15, 0.2) is 25.3 Å². The fourth-order valence-corrected chi connectivity index (χ4v) is 5.92. The molecule has 3 heterocycles. The first-order valence-corrected chi connectivity index (χ1v) is 11.3. The maximum Gasteiger partial charge on any atom is 0.249 e. The number of rotatable bonds is 8. The molecule has 0 radical (unpaired) electrons. The highest BCUT2D eigenvalue weighted by Gasteiger charge is 2.78. The summed E-state index contributed by atoms with van der Waals surface area (Å²) >= 11 is 0. The lowest BCUT2D eigenvalue weighted by molar-refractivity contribution is -0.156. The lowest BCUT2D eigenvalue weighted by Gasteiger charge is -2.42. The summed E-state index contributed by atoms with van der Waals surface area (Å²) in [6.45, 7) is 15.6. The van der Waals surface area contributed by atoms with Crippen LogP contribution in [0.25, 0.3) is 0 Å². The number of nitrogens with zero attached hydrogens (tertiary/aromatic N) is 3. The van der Waals surface area contributed by atoms with Gasteiger partial charge < -0.3 is 24.5 Å². The molecule has 2 unspecified atom stereocenters. The van der Waals surface area contributed by atoms with Crippen LogP contribution in [0.3, 0.4) is 0 Å². The highest BCUT2D eigenvalue weighted by molar-refractivity contribution is 5.99. The van der Waals surface area contributed by atoms with Crippen molar-refractivity contribution in [3.05, 3.63) is 25.3 Å². The standard InChI is InChI=1S/C24H37N3O5/c1-8-12-25(7)19(29)16-17-20(30)26(14-15-28)18(24(17)11-10-23(16,6)32-24)21(31)27(13-9-2)22(3,4)5/h8-9,16-18,28H,1-2,10-15H2,3-7H3/t16-,17-,18?,23+,24?/m0/s1. The molecule has 8 nitrogen and oxygen atoms in total. The molecule has 2 bridgehead atoms. The Hall–Kier alpha value is -2.19. The van der Waals surface area contributed by atoms with Gasteiger partial charge in [-0.3, -0.25) is 14.4 Å². The molecule has 0 aromatic carbocycles. The molecular weight excluding hydrogens is 410 g/mol. The quantitative estimate of drug-likeness (QED) is 0.565. The van der Waals surface area contributed by atoms with Crippen molar-refractivity contribution >= 4 is 17.7 Å². The Labute approximate surface area is 190 Å². The van der Waals surface area contributed by atoms with E-state index in [0.29, 0.717) is 25.9 Å². The Kier molecular flexibility index (Phi) is 6.34. The molecule has 3 fully saturated rings. The zero-order valence-corrected chi connectivity index (χ0v) is 20.0. The molecular formula is C24H37N3O5. The number of amides is 3. The molecule has 3 rings (SSSR count). The second kappa shape index (κ2) is 8.30. The van der Waals surface area contributed by atoms with E-state index in [2.05, 4.69) is 13.2 Å². The molecule has 178 valence electrons. The van der Waals surface area contributed by atoms with Crippen molar-refractivity contribution in [2.24, 2.45) is 11.8 Å². The molecule has 32 heavy (non-hydrogen) atoms. The number of hydrogen-bond donors (Lipinski definition) is 1. The molecule has 3 aliphatic heterocycles. The largest absolute Gasteiger partial charge is 0.395 e. The van der Waals surface area contributed by atoms with Crippen LogP contribution in [-0.2, 0) is 19.1 Å². The Morgan fingerprint density at radius 2 is 1.84 bits per heavy atom. The predicted molar refractivity (Wildman–Crippen MR) is 121 cm³/mol. The van der Waals surface area contributed by atoms with Crippen LogP contribution >= 0.6 is 0 Å². The number of aliphatic hydroxyl groups excluding tert-OH is 1. The molecule has 8 heteroatoms. The minimum Gasteiger partial charge on any atom is -0.395 e. The van der Waals surface area contributed by atoms with Gasteiger partial charge in [0.05, 0.1) is 24.0 Å². The van der Waals surface area contributed by atoms with Gasteiger partial charge >= 0.3 is 0 Å². The van der Waals surface area contributed by atoms with Gasteiger partial charge in [-0.05, 0) is 40.5 Å². The molecule has 1 spiro atoms. The molecule has 5 atom stereocenters. The van der Waals surface area contributed by atoms with E-state index < -0.39 is 34.6 Å². The number of likely N-dealkylation sites (N-methyl/N-ethyl adjacent to an activating group) is 1. The number of carbonyl (C=O) groups is 3. The highest BCUT2D eigenvalue weighted by atomic mass is 16.5. The normalized spacial score (nSPS) is 33.2. The van der Waals surface area contributed by atoms with E-state index in [1.165, 1.54) is 4.90 Å². The molecule has 0 aromatic heterocycles. The van der Waals surface area contributed by atoms with Crippen molar-refractivity contribution in [2.45, 2.75) is 63.3 Å². The van der Waals surface area contributed by atoms with Gasteiger partial charge in [-0.15, -0.1) is 13.2 Å². The van der Waals surface area contributed by atoms with Gasteiger partial charge in [-0.25, -0.2) is 0 Å². The Bertz CT molecular complexity index is 821. The first kappa shape index (κ1) is 24.5. The van der Waals surface area contributed by atoms with Crippen molar-refractivity contribution in [3.8, 4) is 0 Å². The number of hydrogen-bond acceptors (Lipinski definition) is 5. The van der Waals surface area contributed by atoms with Gasteiger partial charge in [0.15, 0.2) is 0 Å². The zero-order chi connectivity index (χ0) is 24.1. The molecule has 0 aromatic rings. The highest BCUT2D eigenvalue weighted by Crippen LogP contribution is 2.63. The maximum atomic E-state index is 14.0. The van der Waals surface area contributed by atoms with E-state index in [1.54, 1.807) is 29.0 Å². The summed E-state index contributed by atoms with van der Waals surface area (Å²) < 4.78 is 6.56. The van der Waals surface area contributed by atoms with E-state index in [-0.39, 0.29) is 30.9 Å². The first-order valence-electron chi connectivity index (χ1n) is 11.3. The van der Waals surface area contributed by atoms with Crippen molar-refractivity contribution in [3.63, 3.8) is 0 Å². The summed E-state index contributed by atoms with van der Waals surface area (Å²) in [4.78, 5) is 45.8. The number of β-amino-alcohol motifs (C(OH)–C–C–N with tert-alkyl or cyclic N) is 1. The van der Waals surface area contributed by atoms with Crippen molar-refractivity contribution < 1.29 is 24.2 Å². The summed E-state index contributed by atoms with van der Waals surface area (Å²) in [5.74, 6) is -2.15. The van der Waals surface area contributed by atoms with Crippen LogP contribution in [0.4, 0.5) is 0 Å². The van der Waals surface area contributed by atoms with Crippen LogP contribution in [-0.4, -0.2) is 93.6 Å². The molecule has 3 aliphatic rings. The molecule has 1 N–H and O–H groups in total. The third-order valence-electron chi connectivity index (χ3n) is 7.28. The number of fused-ring (bicyclic) bond motifs is 1. The van der Waals surface area contributed by atoms with Crippen LogP contribution in [0, 0.1) is 11.8 Å². The van der Waals surface area contributed by atoms with Crippen molar-refractivity contribution in [2.75, 3.05) is 33.3 Å². The van der Waals surface area contributed by atoms with Crippen LogP contribution in [0.2, 0.25) is 0 Å². The van der Waals surface area contributed by atoms with E-state index in [1.807, 2.05) is 27.7 Å². The number of carbonyl (C=O) groups excluding carboxylic acids is 3. The molecule has 3 saturated heterocycles. The van der Waals surface area contributed by atoms with Crippen molar-refractivity contribution in [1.29, 1.82) is 0 Å². The molecule has 3 amide bonds. The molecule has 0 saturated carbocycles. The summed E-state index contributed by atoms with van der Waals surface area (Å²) in [6, 6.07) is -0.893. The lowest BCUT2D eigenvalue weighted by Crippen LogP contribution is -2.60. The number of likely N-dealkylation sites (tertiary alicyclic amines) is 1. The Balaban J connectivity index is 2.10. The summed E-state index contributed by atoms with van der Waals surface area (Å²) in [5.41, 5.74) is -2.41. The topological polar surface area (TPSA) is 90.4 Å². The number of ether oxygens (including phenoxy) is 1. The summed E-state index contributed by atoms with van der Waals surface area (Å²) in [5, 5.41) is 9.70. The third kappa shape index (κ3) is 3.48. The van der Waals surface area contributed by atoms with Gasteiger partial charge in [0.25, 0.3) is 0 Å². The fraction of sp³-hybridized carbons (Fsp3) is 0.708. The minimum atomic E-state index is -1.09. The average Bonchev–Trinajstić information content (AvgIpc) is 3.26. The first-order chi connectivity index (χ1) is 14.9. The summed E-state index contributed by atoms with van der Waals surface area (Å²) in [6.07, 6.45) is 4.40. The fourth-order valence-electron chi connectivity index (χ4n) is 5.92. The Morgan fingerprint density at radius 3 is 2.38 bits per heavy atom. The van der Waals surface area contributed by atoms with E-state index in [0.717, 1.165) is 0 Å². The number of aliphatic hydroxyl groups is 1. The Morgan fingerprint density at radius 1 is 1.22 bits per heavy atom. The van der Waals surface area contributed by atoms with Crippen LogP contribution < -0.4 is 0 Å². The monoisotopic (exact) mass is 447 g/mol. The average molecular weight is 448 g/mol. The van der Waals surface area contributed by atoms with E-state index >= 15 is 0 Å². The van der Waals surface area contributed by atoms with Crippen LogP contribution in [0.1, 0.15) is 40.5 Å². The van der Waals surface area contributed by atoms with Gasteiger partial charge in [-0.2, -0.15) is 0 Å². The van der Waals surface area contributed by atoms with E-state index in [9.17, 15) is 19.5 Å². The second-order valence-corrected chi connectivity index (χ2v) is 10.4. The van der Waals surface area contributed by atoms with Gasteiger partial charge in [0.2, 0.25) is 17.7 Å². The van der Waals surface area contributed by atoms with Crippen LogP contribution in [0.5, 0.6) is 0 Å². The van der Waals surface area contributed by atoms with Gasteiger partial charge in [0.1, 0.15) is 11.6 Å². The third-order valence-corrected chi connectivity index (χ3v) is 7.28. The maximum absolute atomic E-state index is 14.0.